The standard InChI is InChI=1S/C25H25ClN2O3S/c1-2-24(20-7-4-3-5-8-20)28(32(29,30)23-10-6-9-22(26)17-23)18-19-11-13-21(14-12-19)25-27-15-16-31-25/h3-14,17,24H,2,15-16,18H2,1H3. The molecule has 0 spiro atoms. The largest absolute Gasteiger partial charge is 0.476 e. The molecule has 0 saturated heterocycles. The van der Waals surface area contributed by atoms with Gasteiger partial charge in [-0.1, -0.05) is 67.1 Å². The van der Waals surface area contributed by atoms with Crippen molar-refractivity contribution in [2.24, 2.45) is 4.99 Å². The van der Waals surface area contributed by atoms with Crippen molar-refractivity contribution in [3.8, 4) is 0 Å². The van der Waals surface area contributed by atoms with Crippen LogP contribution in [0.2, 0.25) is 5.02 Å². The quantitative estimate of drug-likeness (QED) is 0.441. The van der Waals surface area contributed by atoms with Crippen LogP contribution in [0.5, 0.6) is 0 Å². The van der Waals surface area contributed by atoms with Crippen molar-refractivity contribution in [3.63, 3.8) is 0 Å². The summed E-state index contributed by atoms with van der Waals surface area (Å²) in [6.07, 6.45) is 0.631. The SMILES string of the molecule is CCC(c1ccccc1)N(Cc1ccc(C2=NCCO2)cc1)S(=O)(=O)c1cccc(Cl)c1. The molecule has 32 heavy (non-hydrogen) atoms. The van der Waals surface area contributed by atoms with Crippen molar-refractivity contribution in [2.45, 2.75) is 30.8 Å². The Morgan fingerprint density at radius 2 is 1.78 bits per heavy atom. The molecule has 5 nitrogen and oxygen atoms in total. The third kappa shape index (κ3) is 4.88. The number of hydrogen-bond acceptors (Lipinski definition) is 4. The monoisotopic (exact) mass is 468 g/mol. The van der Waals surface area contributed by atoms with Gasteiger partial charge in [0.2, 0.25) is 15.9 Å². The van der Waals surface area contributed by atoms with Gasteiger partial charge in [0.25, 0.3) is 0 Å². The van der Waals surface area contributed by atoms with E-state index in [1.165, 1.54) is 6.07 Å². The van der Waals surface area contributed by atoms with Gasteiger partial charge in [0, 0.05) is 17.1 Å². The van der Waals surface area contributed by atoms with Gasteiger partial charge in [-0.05, 0) is 47.9 Å². The topological polar surface area (TPSA) is 59.0 Å². The smallest absolute Gasteiger partial charge is 0.243 e. The summed E-state index contributed by atoms with van der Waals surface area (Å²) in [4.78, 5) is 4.53. The van der Waals surface area contributed by atoms with Crippen LogP contribution in [0.15, 0.2) is 88.8 Å². The summed E-state index contributed by atoms with van der Waals surface area (Å²) in [6.45, 7) is 3.49. The fourth-order valence-corrected chi connectivity index (χ4v) is 5.83. The second-order valence-electron chi connectivity index (χ2n) is 7.57. The van der Waals surface area contributed by atoms with E-state index in [1.807, 2.05) is 61.5 Å². The van der Waals surface area contributed by atoms with Gasteiger partial charge in [0.05, 0.1) is 17.5 Å². The lowest BCUT2D eigenvalue weighted by Crippen LogP contribution is -2.34. The van der Waals surface area contributed by atoms with Crippen LogP contribution in [0.25, 0.3) is 0 Å². The first-order chi connectivity index (χ1) is 15.5. The van der Waals surface area contributed by atoms with E-state index in [2.05, 4.69) is 4.99 Å². The number of rotatable bonds is 8. The first-order valence-electron chi connectivity index (χ1n) is 10.6. The number of benzene rings is 3. The molecule has 4 rings (SSSR count). The Bertz CT molecular complexity index is 1200. The first kappa shape index (κ1) is 22.5. The molecule has 0 fully saturated rings. The van der Waals surface area contributed by atoms with E-state index >= 15 is 0 Å². The van der Waals surface area contributed by atoms with Crippen LogP contribution in [0.4, 0.5) is 0 Å². The Hall–Kier alpha value is -2.67. The minimum Gasteiger partial charge on any atom is -0.476 e. The van der Waals surface area contributed by atoms with Crippen molar-refractivity contribution in [3.05, 3.63) is 101 Å². The van der Waals surface area contributed by atoms with Crippen molar-refractivity contribution < 1.29 is 13.2 Å². The van der Waals surface area contributed by atoms with E-state index in [0.717, 1.165) is 16.7 Å². The molecule has 1 aliphatic heterocycles. The van der Waals surface area contributed by atoms with Crippen LogP contribution >= 0.6 is 11.6 Å². The molecule has 0 aromatic heterocycles. The molecule has 1 unspecified atom stereocenters. The molecule has 0 amide bonds. The zero-order chi connectivity index (χ0) is 22.6. The van der Waals surface area contributed by atoms with Crippen molar-refractivity contribution >= 4 is 27.5 Å². The minimum absolute atomic E-state index is 0.185. The van der Waals surface area contributed by atoms with Gasteiger partial charge in [-0.15, -0.1) is 0 Å². The lowest BCUT2D eigenvalue weighted by atomic mass is 10.0. The van der Waals surface area contributed by atoms with Crippen molar-refractivity contribution in [2.75, 3.05) is 13.2 Å². The number of nitrogens with zero attached hydrogens (tertiary/aromatic N) is 2. The van der Waals surface area contributed by atoms with Gasteiger partial charge in [0.1, 0.15) is 6.61 Å². The third-order valence-corrected chi connectivity index (χ3v) is 7.53. The molecule has 1 atom stereocenters. The highest BCUT2D eigenvalue weighted by Gasteiger charge is 2.32. The molecule has 0 N–H and O–H groups in total. The Morgan fingerprint density at radius 3 is 2.41 bits per heavy atom. The van der Waals surface area contributed by atoms with E-state index in [4.69, 9.17) is 16.3 Å². The van der Waals surface area contributed by atoms with Crippen LogP contribution in [0, 0.1) is 0 Å². The predicted molar refractivity (Wildman–Crippen MR) is 127 cm³/mol. The number of hydrogen-bond donors (Lipinski definition) is 0. The lowest BCUT2D eigenvalue weighted by molar-refractivity contribution is 0.310. The molecule has 7 heteroatoms. The van der Waals surface area contributed by atoms with E-state index in [9.17, 15) is 8.42 Å². The minimum atomic E-state index is -3.81. The summed E-state index contributed by atoms with van der Waals surface area (Å²) in [5.74, 6) is 0.635. The lowest BCUT2D eigenvalue weighted by Gasteiger charge is -2.31. The molecule has 0 bridgehead atoms. The molecule has 3 aromatic carbocycles. The fraction of sp³-hybridized carbons (Fsp3) is 0.240. The number of ether oxygens (including phenoxy) is 1. The molecule has 3 aromatic rings. The highest BCUT2D eigenvalue weighted by Crippen LogP contribution is 2.32. The Kier molecular flexibility index (Phi) is 6.94. The molecule has 1 heterocycles. The van der Waals surface area contributed by atoms with Crippen LogP contribution in [0.1, 0.15) is 36.1 Å². The van der Waals surface area contributed by atoms with Crippen LogP contribution in [-0.4, -0.2) is 31.8 Å². The van der Waals surface area contributed by atoms with Crippen molar-refractivity contribution in [1.82, 2.24) is 4.31 Å². The molecular formula is C25H25ClN2O3S. The highest BCUT2D eigenvalue weighted by atomic mass is 35.5. The first-order valence-corrected chi connectivity index (χ1v) is 12.4. The molecule has 0 aliphatic carbocycles. The Morgan fingerprint density at radius 1 is 1.03 bits per heavy atom. The van der Waals surface area contributed by atoms with E-state index in [0.29, 0.717) is 30.5 Å². The summed E-state index contributed by atoms with van der Waals surface area (Å²) in [6, 6.07) is 23.5. The van der Waals surface area contributed by atoms with Crippen molar-refractivity contribution in [1.29, 1.82) is 0 Å². The fourth-order valence-electron chi connectivity index (χ4n) is 3.85. The number of aliphatic imine (C=N–C) groups is 1. The summed E-state index contributed by atoms with van der Waals surface area (Å²) in [7, 11) is -3.81. The maximum Gasteiger partial charge on any atom is 0.243 e. The third-order valence-electron chi connectivity index (χ3n) is 5.45. The van der Waals surface area contributed by atoms with Crippen LogP contribution in [0.3, 0.4) is 0 Å². The summed E-state index contributed by atoms with van der Waals surface area (Å²) in [5, 5.41) is 0.389. The summed E-state index contributed by atoms with van der Waals surface area (Å²) >= 11 is 6.12. The maximum atomic E-state index is 13.8. The molecule has 166 valence electrons. The normalized spacial score (nSPS) is 14.8. The van der Waals surface area contributed by atoms with Gasteiger partial charge >= 0.3 is 0 Å². The molecule has 1 aliphatic rings. The second-order valence-corrected chi connectivity index (χ2v) is 9.90. The summed E-state index contributed by atoms with van der Waals surface area (Å²) in [5.41, 5.74) is 2.73. The zero-order valence-corrected chi connectivity index (χ0v) is 19.4. The Labute approximate surface area is 194 Å². The average molecular weight is 469 g/mol. The zero-order valence-electron chi connectivity index (χ0n) is 17.8. The molecular weight excluding hydrogens is 444 g/mol. The van der Waals surface area contributed by atoms with Crippen LogP contribution < -0.4 is 0 Å². The second kappa shape index (κ2) is 9.86. The van der Waals surface area contributed by atoms with E-state index < -0.39 is 10.0 Å². The number of halogens is 1. The van der Waals surface area contributed by atoms with Gasteiger partial charge in [-0.25, -0.2) is 13.4 Å². The maximum absolute atomic E-state index is 13.8. The predicted octanol–water partition coefficient (Wildman–Crippen LogP) is 5.46. The summed E-state index contributed by atoms with van der Waals surface area (Å²) < 4.78 is 34.6. The van der Waals surface area contributed by atoms with Gasteiger partial charge in [-0.3, -0.25) is 0 Å². The molecule has 0 saturated carbocycles. The van der Waals surface area contributed by atoms with Gasteiger partial charge < -0.3 is 4.74 Å². The Balaban J connectivity index is 1.72. The number of sulfonamides is 1. The van der Waals surface area contributed by atoms with E-state index in [-0.39, 0.29) is 17.5 Å². The molecule has 0 radical (unpaired) electrons. The van der Waals surface area contributed by atoms with Gasteiger partial charge in [0.15, 0.2) is 0 Å². The van der Waals surface area contributed by atoms with E-state index in [1.54, 1.807) is 22.5 Å². The van der Waals surface area contributed by atoms with Gasteiger partial charge in [-0.2, -0.15) is 4.31 Å². The van der Waals surface area contributed by atoms with Crippen LogP contribution in [-0.2, 0) is 21.3 Å². The highest BCUT2D eigenvalue weighted by molar-refractivity contribution is 7.89. The average Bonchev–Trinajstić information content (AvgIpc) is 3.35.